The summed E-state index contributed by atoms with van der Waals surface area (Å²) >= 11 is 0. The van der Waals surface area contributed by atoms with Gasteiger partial charge < -0.3 is 29.1 Å². The summed E-state index contributed by atoms with van der Waals surface area (Å²) in [4.78, 5) is 13.0. The highest BCUT2D eigenvalue weighted by Gasteiger charge is 2.32. The molecule has 0 saturated carbocycles. The van der Waals surface area contributed by atoms with Gasteiger partial charge in [-0.05, 0) is 55.3 Å². The van der Waals surface area contributed by atoms with Crippen LogP contribution in [0.2, 0.25) is 0 Å². The maximum atomic E-state index is 13.7. The number of nitrogens with zero attached hydrogens (tertiary/aromatic N) is 1. The second-order valence-electron chi connectivity index (χ2n) is 9.68. The molecular formula is C32H29FN2O6. The van der Waals surface area contributed by atoms with Gasteiger partial charge in [-0.25, -0.2) is 9.18 Å². The summed E-state index contributed by atoms with van der Waals surface area (Å²) in [5.74, 6) is -0.151. The molecule has 1 atom stereocenters. The Morgan fingerprint density at radius 1 is 1.10 bits per heavy atom. The summed E-state index contributed by atoms with van der Waals surface area (Å²) in [7, 11) is 1.56. The van der Waals surface area contributed by atoms with Crippen LogP contribution in [0.5, 0.6) is 23.0 Å². The van der Waals surface area contributed by atoms with Gasteiger partial charge in [-0.15, -0.1) is 0 Å². The lowest BCUT2D eigenvalue weighted by Crippen LogP contribution is -2.21. The first kappa shape index (κ1) is 27.6. The molecular weight excluding hydrogens is 527 g/mol. The molecule has 1 aromatic heterocycles. The van der Waals surface area contributed by atoms with E-state index < -0.39 is 17.7 Å². The predicted octanol–water partition coefficient (Wildman–Crippen LogP) is 6.90. The number of ether oxygens (including phenoxy) is 4. The van der Waals surface area contributed by atoms with Crippen LogP contribution in [0.25, 0.3) is 11.0 Å². The van der Waals surface area contributed by atoms with Crippen molar-refractivity contribution in [3.05, 3.63) is 94.3 Å². The summed E-state index contributed by atoms with van der Waals surface area (Å²) in [6.07, 6.45) is 3.10. The lowest BCUT2D eigenvalue weighted by atomic mass is 9.83. The zero-order valence-electron chi connectivity index (χ0n) is 23.0. The van der Waals surface area contributed by atoms with Crippen molar-refractivity contribution in [2.24, 2.45) is 5.73 Å². The second-order valence-corrected chi connectivity index (χ2v) is 9.68. The zero-order chi connectivity index (χ0) is 29.1. The van der Waals surface area contributed by atoms with Crippen molar-refractivity contribution in [2.45, 2.75) is 39.0 Å². The molecule has 41 heavy (non-hydrogen) atoms. The minimum Gasteiger partial charge on any atom is -0.493 e. The normalized spacial score (nSPS) is 14.3. The Morgan fingerprint density at radius 3 is 2.68 bits per heavy atom. The number of aryl methyl sites for hydroxylation is 1. The predicted molar refractivity (Wildman–Crippen MR) is 150 cm³/mol. The first-order valence-corrected chi connectivity index (χ1v) is 13.3. The van der Waals surface area contributed by atoms with Crippen LogP contribution >= 0.6 is 0 Å². The Bertz CT molecular complexity index is 1700. The number of allylic oxidation sites excluding steroid dienone is 1. The molecule has 0 fully saturated rings. The number of carbonyl (C=O) groups is 1. The van der Waals surface area contributed by atoms with Crippen LogP contribution in [0.15, 0.2) is 70.5 Å². The molecule has 0 radical (unpaired) electrons. The highest BCUT2D eigenvalue weighted by atomic mass is 19.1. The van der Waals surface area contributed by atoms with E-state index in [1.807, 2.05) is 18.2 Å². The molecule has 8 nitrogen and oxygen atoms in total. The monoisotopic (exact) mass is 556 g/mol. The summed E-state index contributed by atoms with van der Waals surface area (Å²) in [5, 5.41) is 10.4. The lowest BCUT2D eigenvalue weighted by Gasteiger charge is -2.27. The molecule has 3 aromatic carbocycles. The van der Waals surface area contributed by atoms with Crippen molar-refractivity contribution >= 4 is 16.9 Å². The molecule has 0 spiro atoms. The van der Waals surface area contributed by atoms with Gasteiger partial charge in [-0.3, -0.25) is 0 Å². The minimum atomic E-state index is -0.744. The number of furan rings is 1. The molecule has 5 rings (SSSR count). The largest absolute Gasteiger partial charge is 0.493 e. The molecule has 1 unspecified atom stereocenters. The lowest BCUT2D eigenvalue weighted by molar-refractivity contribution is 0.0702. The van der Waals surface area contributed by atoms with E-state index >= 15 is 0 Å². The number of rotatable bonds is 9. The molecule has 2 N–H and O–H groups in total. The van der Waals surface area contributed by atoms with Gasteiger partial charge in [0, 0.05) is 22.6 Å². The van der Waals surface area contributed by atoms with Crippen molar-refractivity contribution < 1.29 is 32.5 Å². The van der Waals surface area contributed by atoms with Crippen LogP contribution in [-0.4, -0.2) is 19.7 Å². The van der Waals surface area contributed by atoms with E-state index in [4.69, 9.17) is 29.1 Å². The number of unbranched alkanes of at least 4 members (excludes halogenated alkanes) is 2. The van der Waals surface area contributed by atoms with Gasteiger partial charge in [0.05, 0.1) is 19.6 Å². The Hall–Kier alpha value is -4.97. The third kappa shape index (κ3) is 5.41. The summed E-state index contributed by atoms with van der Waals surface area (Å²) in [5.41, 5.74) is 8.67. The van der Waals surface area contributed by atoms with E-state index in [-0.39, 0.29) is 23.0 Å². The molecule has 4 aromatic rings. The van der Waals surface area contributed by atoms with Crippen LogP contribution in [0, 0.1) is 24.1 Å². The Balaban J connectivity index is 1.44. The van der Waals surface area contributed by atoms with Gasteiger partial charge in [-0.1, -0.05) is 31.9 Å². The summed E-state index contributed by atoms with van der Waals surface area (Å²) < 4.78 is 42.2. The first-order chi connectivity index (χ1) is 19.8. The number of hydrogen-bond acceptors (Lipinski definition) is 8. The molecule has 0 saturated heterocycles. The van der Waals surface area contributed by atoms with Crippen LogP contribution in [0.4, 0.5) is 4.39 Å². The SMILES string of the molecule is CCCCCOc1ccc(C2C(C#N)=C(N)Oc3cc(OC(=O)c4oc5ccc(F)cc5c4C)ccc32)cc1OC. The number of nitrogens with two attached hydrogens (primary N) is 1. The Labute approximate surface area is 236 Å². The number of halogens is 1. The highest BCUT2D eigenvalue weighted by Crippen LogP contribution is 2.45. The third-order valence-electron chi connectivity index (χ3n) is 7.01. The number of nitriles is 1. The zero-order valence-corrected chi connectivity index (χ0v) is 23.0. The molecule has 2 heterocycles. The number of fused-ring (bicyclic) bond motifs is 2. The van der Waals surface area contributed by atoms with Crippen molar-refractivity contribution in [3.8, 4) is 29.1 Å². The maximum Gasteiger partial charge on any atom is 0.379 e. The van der Waals surface area contributed by atoms with E-state index in [0.29, 0.717) is 46.0 Å². The number of methoxy groups -OCH3 is 1. The van der Waals surface area contributed by atoms with Crippen molar-refractivity contribution in [3.63, 3.8) is 0 Å². The fourth-order valence-electron chi connectivity index (χ4n) is 4.90. The average molecular weight is 557 g/mol. The summed E-state index contributed by atoms with van der Waals surface area (Å²) in [6.45, 7) is 4.37. The topological polar surface area (TPSA) is 117 Å². The fourth-order valence-corrected chi connectivity index (χ4v) is 4.90. The van der Waals surface area contributed by atoms with Gasteiger partial charge in [0.15, 0.2) is 11.5 Å². The quantitative estimate of drug-likeness (QED) is 0.134. The van der Waals surface area contributed by atoms with E-state index in [1.54, 1.807) is 26.2 Å². The number of hydrogen-bond donors (Lipinski definition) is 1. The van der Waals surface area contributed by atoms with Gasteiger partial charge in [0.2, 0.25) is 11.6 Å². The molecule has 210 valence electrons. The number of carbonyl (C=O) groups excluding carboxylic acids is 1. The van der Waals surface area contributed by atoms with Crippen LogP contribution in [0.1, 0.15) is 59.3 Å². The minimum absolute atomic E-state index is 0.0302. The van der Waals surface area contributed by atoms with Crippen molar-refractivity contribution in [1.82, 2.24) is 0 Å². The summed E-state index contributed by atoms with van der Waals surface area (Å²) in [6, 6.07) is 16.5. The molecule has 9 heteroatoms. The smallest absolute Gasteiger partial charge is 0.379 e. The van der Waals surface area contributed by atoms with E-state index in [2.05, 4.69) is 13.0 Å². The molecule has 0 bridgehead atoms. The van der Waals surface area contributed by atoms with Gasteiger partial charge >= 0.3 is 5.97 Å². The molecule has 0 aliphatic carbocycles. The molecule has 1 aliphatic heterocycles. The number of benzene rings is 3. The maximum absolute atomic E-state index is 13.7. The van der Waals surface area contributed by atoms with Gasteiger partial charge in [0.1, 0.15) is 34.5 Å². The Kier molecular flexibility index (Phi) is 7.83. The number of esters is 1. The van der Waals surface area contributed by atoms with Gasteiger partial charge in [0.25, 0.3) is 0 Å². The van der Waals surface area contributed by atoms with E-state index in [1.165, 1.54) is 24.3 Å². The third-order valence-corrected chi connectivity index (χ3v) is 7.01. The highest BCUT2D eigenvalue weighted by molar-refractivity contribution is 5.96. The van der Waals surface area contributed by atoms with Gasteiger partial charge in [-0.2, -0.15) is 5.26 Å². The van der Waals surface area contributed by atoms with E-state index in [9.17, 15) is 14.4 Å². The van der Waals surface area contributed by atoms with Crippen molar-refractivity contribution in [2.75, 3.05) is 13.7 Å². The Morgan fingerprint density at radius 2 is 1.93 bits per heavy atom. The fraction of sp³-hybridized carbons (Fsp3) is 0.250. The van der Waals surface area contributed by atoms with Crippen LogP contribution in [-0.2, 0) is 0 Å². The first-order valence-electron chi connectivity index (χ1n) is 13.3. The average Bonchev–Trinajstić information content (AvgIpc) is 3.30. The van der Waals surface area contributed by atoms with Crippen LogP contribution in [0.3, 0.4) is 0 Å². The standard InChI is InChI=1S/C32H29FN2O6/c1-4-5-6-13-38-26-11-7-19(14-28(26)37-3)29-22-10-9-21(16-27(22)41-31(35)24(29)17-34)39-32(36)30-18(2)23-15-20(33)8-12-25(23)40-30/h7-12,14-16,29H,4-6,13,35H2,1-3H3. The van der Waals surface area contributed by atoms with Crippen LogP contribution < -0.4 is 24.7 Å². The van der Waals surface area contributed by atoms with Crippen molar-refractivity contribution in [1.29, 1.82) is 5.26 Å². The molecule has 0 amide bonds. The second kappa shape index (κ2) is 11.6. The molecule has 1 aliphatic rings. The van der Waals surface area contributed by atoms with E-state index in [0.717, 1.165) is 24.8 Å².